The van der Waals surface area contributed by atoms with Crippen LogP contribution >= 0.6 is 15.9 Å². The number of hydrogen-bond donors (Lipinski definition) is 2. The van der Waals surface area contributed by atoms with Gasteiger partial charge in [-0.1, -0.05) is 0 Å². The van der Waals surface area contributed by atoms with Gasteiger partial charge in [0.25, 0.3) is 0 Å². The van der Waals surface area contributed by atoms with Crippen molar-refractivity contribution < 1.29 is 14.2 Å². The van der Waals surface area contributed by atoms with Crippen molar-refractivity contribution in [2.45, 2.75) is 25.0 Å². The van der Waals surface area contributed by atoms with E-state index in [1.807, 2.05) is 12.1 Å². The zero-order valence-electron chi connectivity index (χ0n) is 11.9. The van der Waals surface area contributed by atoms with Crippen molar-refractivity contribution in [1.29, 1.82) is 0 Å². The molecule has 0 aliphatic carbocycles. The summed E-state index contributed by atoms with van der Waals surface area (Å²) < 4.78 is 17.8. The Morgan fingerprint density at radius 1 is 1.29 bits per heavy atom. The van der Waals surface area contributed by atoms with Crippen LogP contribution in [0.25, 0.3) is 0 Å². The first kappa shape index (κ1) is 15.1. The minimum Gasteiger partial charge on any atom is -0.486 e. The number of nitrogens with two attached hydrogens (primary N) is 1. The molecule has 2 heterocycles. The van der Waals surface area contributed by atoms with Gasteiger partial charge in [-0.3, -0.25) is 0 Å². The predicted octanol–water partition coefficient (Wildman–Crippen LogP) is 1.99. The number of rotatable bonds is 5. The molecule has 21 heavy (non-hydrogen) atoms. The quantitative estimate of drug-likeness (QED) is 0.844. The topological polar surface area (TPSA) is 65.7 Å². The number of fused-ring (bicyclic) bond motifs is 1. The molecule has 3 N–H and O–H groups in total. The molecule has 0 aromatic heterocycles. The van der Waals surface area contributed by atoms with Gasteiger partial charge in [-0.15, -0.1) is 0 Å². The third kappa shape index (κ3) is 3.51. The molecule has 2 unspecified atom stereocenters. The summed E-state index contributed by atoms with van der Waals surface area (Å²) in [5, 5.41) is 3.49. The molecular weight excluding hydrogens is 336 g/mol. The van der Waals surface area contributed by atoms with E-state index in [9.17, 15) is 0 Å². The first-order valence-corrected chi connectivity index (χ1v) is 8.21. The second-order valence-electron chi connectivity index (χ2n) is 5.36. The highest BCUT2D eigenvalue weighted by Gasteiger charge is 2.21. The molecule has 1 fully saturated rings. The van der Waals surface area contributed by atoms with Crippen LogP contribution in [0.2, 0.25) is 0 Å². The highest BCUT2D eigenvalue weighted by molar-refractivity contribution is 9.10. The maximum atomic E-state index is 5.93. The Morgan fingerprint density at radius 2 is 2.14 bits per heavy atom. The van der Waals surface area contributed by atoms with E-state index in [4.69, 9.17) is 19.9 Å². The van der Waals surface area contributed by atoms with E-state index in [0.717, 1.165) is 47.5 Å². The number of ether oxygens (including phenoxy) is 3. The molecule has 2 aliphatic rings. The summed E-state index contributed by atoms with van der Waals surface area (Å²) in [4.78, 5) is 0. The van der Waals surface area contributed by atoms with Crippen LogP contribution in [-0.2, 0) is 4.74 Å². The molecule has 0 spiro atoms. The third-order valence-corrected chi connectivity index (χ3v) is 4.46. The molecule has 2 atom stereocenters. The molecule has 3 rings (SSSR count). The zero-order valence-corrected chi connectivity index (χ0v) is 13.5. The number of benzene rings is 1. The number of hydrogen-bond acceptors (Lipinski definition) is 5. The van der Waals surface area contributed by atoms with E-state index in [0.29, 0.717) is 25.9 Å². The average molecular weight is 357 g/mol. The van der Waals surface area contributed by atoms with Gasteiger partial charge < -0.3 is 25.3 Å². The van der Waals surface area contributed by atoms with Gasteiger partial charge in [0.2, 0.25) is 0 Å². The second kappa shape index (κ2) is 6.96. The number of nitrogens with one attached hydrogen (secondary N) is 1. The molecule has 0 radical (unpaired) electrons. The fourth-order valence-corrected chi connectivity index (χ4v) is 3.32. The summed E-state index contributed by atoms with van der Waals surface area (Å²) in [6, 6.07) is 4.15. The standard InChI is InChI=1S/C15H21BrN2O3/c16-12-6-10(7-14-15(12)21-5-4-20-14)13(8-17)18-9-11-2-1-3-19-11/h6-7,11,13,18H,1-5,8-9,17H2. The smallest absolute Gasteiger partial charge is 0.175 e. The minimum absolute atomic E-state index is 0.0846. The summed E-state index contributed by atoms with van der Waals surface area (Å²) in [7, 11) is 0. The molecule has 1 aromatic carbocycles. The fourth-order valence-electron chi connectivity index (χ4n) is 2.75. The molecule has 0 saturated carbocycles. The van der Waals surface area contributed by atoms with Crippen molar-refractivity contribution in [3.8, 4) is 11.5 Å². The first-order valence-electron chi connectivity index (χ1n) is 7.42. The molecule has 116 valence electrons. The summed E-state index contributed by atoms with van der Waals surface area (Å²) in [5.74, 6) is 1.56. The van der Waals surface area contributed by atoms with E-state index >= 15 is 0 Å². The maximum Gasteiger partial charge on any atom is 0.175 e. The summed E-state index contributed by atoms with van der Waals surface area (Å²) in [5.41, 5.74) is 7.03. The Kier molecular flexibility index (Phi) is 5.00. The van der Waals surface area contributed by atoms with Crippen LogP contribution in [0.3, 0.4) is 0 Å². The lowest BCUT2D eigenvalue weighted by atomic mass is 10.1. The molecule has 5 nitrogen and oxygen atoms in total. The number of halogens is 1. The van der Waals surface area contributed by atoms with Gasteiger partial charge >= 0.3 is 0 Å². The van der Waals surface area contributed by atoms with Gasteiger partial charge in [0.05, 0.1) is 10.6 Å². The monoisotopic (exact) mass is 356 g/mol. The van der Waals surface area contributed by atoms with E-state index in [2.05, 4.69) is 21.2 Å². The Hall–Kier alpha value is -0.820. The molecule has 2 aliphatic heterocycles. The van der Waals surface area contributed by atoms with Gasteiger partial charge in [0, 0.05) is 25.7 Å². The zero-order chi connectivity index (χ0) is 14.7. The second-order valence-corrected chi connectivity index (χ2v) is 6.21. The maximum absolute atomic E-state index is 5.93. The van der Waals surface area contributed by atoms with Crippen molar-refractivity contribution in [3.63, 3.8) is 0 Å². The summed E-state index contributed by atoms with van der Waals surface area (Å²) >= 11 is 3.55. The van der Waals surface area contributed by atoms with E-state index in [-0.39, 0.29) is 6.04 Å². The van der Waals surface area contributed by atoms with Crippen LogP contribution < -0.4 is 20.5 Å². The first-order chi connectivity index (χ1) is 10.3. The molecule has 6 heteroatoms. The van der Waals surface area contributed by atoms with Crippen molar-refractivity contribution in [2.75, 3.05) is 32.9 Å². The largest absolute Gasteiger partial charge is 0.486 e. The van der Waals surface area contributed by atoms with Crippen LogP contribution in [0, 0.1) is 0 Å². The van der Waals surface area contributed by atoms with E-state index in [1.54, 1.807) is 0 Å². The lowest BCUT2D eigenvalue weighted by Crippen LogP contribution is -2.34. The Morgan fingerprint density at radius 3 is 2.90 bits per heavy atom. The van der Waals surface area contributed by atoms with Crippen molar-refractivity contribution >= 4 is 15.9 Å². The van der Waals surface area contributed by atoms with Crippen molar-refractivity contribution in [2.24, 2.45) is 5.73 Å². The Balaban J connectivity index is 1.72. The SMILES string of the molecule is NCC(NCC1CCCO1)c1cc(Br)c2c(c1)OCCO2. The van der Waals surface area contributed by atoms with Crippen molar-refractivity contribution in [1.82, 2.24) is 5.32 Å². The Labute approximate surface area is 133 Å². The van der Waals surface area contributed by atoms with Crippen LogP contribution in [0.1, 0.15) is 24.4 Å². The van der Waals surface area contributed by atoms with Crippen LogP contribution in [0.5, 0.6) is 11.5 Å². The van der Waals surface area contributed by atoms with Gasteiger partial charge in [-0.25, -0.2) is 0 Å². The van der Waals surface area contributed by atoms with Crippen LogP contribution in [0.15, 0.2) is 16.6 Å². The third-order valence-electron chi connectivity index (χ3n) is 3.87. The van der Waals surface area contributed by atoms with Crippen LogP contribution in [0.4, 0.5) is 0 Å². The average Bonchev–Trinajstić information content (AvgIpc) is 3.01. The van der Waals surface area contributed by atoms with Gasteiger partial charge in [0.1, 0.15) is 13.2 Å². The fraction of sp³-hybridized carbons (Fsp3) is 0.600. The van der Waals surface area contributed by atoms with Gasteiger partial charge in [-0.2, -0.15) is 0 Å². The molecular formula is C15H21BrN2O3. The Bertz CT molecular complexity index is 492. The minimum atomic E-state index is 0.0846. The lowest BCUT2D eigenvalue weighted by Gasteiger charge is -2.24. The predicted molar refractivity (Wildman–Crippen MR) is 83.9 cm³/mol. The summed E-state index contributed by atoms with van der Waals surface area (Å²) in [6.07, 6.45) is 2.57. The van der Waals surface area contributed by atoms with E-state index in [1.165, 1.54) is 0 Å². The molecule has 1 saturated heterocycles. The molecule has 0 amide bonds. The highest BCUT2D eigenvalue weighted by atomic mass is 79.9. The van der Waals surface area contributed by atoms with E-state index < -0.39 is 0 Å². The summed E-state index contributed by atoms with van der Waals surface area (Å²) in [6.45, 7) is 3.39. The molecule has 0 bridgehead atoms. The lowest BCUT2D eigenvalue weighted by molar-refractivity contribution is 0.107. The molecule has 1 aromatic rings. The van der Waals surface area contributed by atoms with Gasteiger partial charge in [-0.05, 0) is 46.5 Å². The van der Waals surface area contributed by atoms with Gasteiger partial charge in [0.15, 0.2) is 11.5 Å². The highest BCUT2D eigenvalue weighted by Crippen LogP contribution is 2.39. The normalized spacial score (nSPS) is 22.3. The van der Waals surface area contributed by atoms with Crippen molar-refractivity contribution in [3.05, 3.63) is 22.2 Å². The van der Waals surface area contributed by atoms with Crippen LogP contribution in [-0.4, -0.2) is 39.0 Å².